The van der Waals surface area contributed by atoms with E-state index in [4.69, 9.17) is 0 Å². The van der Waals surface area contributed by atoms with E-state index in [1.807, 2.05) is 0 Å². The van der Waals surface area contributed by atoms with Gasteiger partial charge in [-0.25, -0.2) is 8.42 Å². The number of nitrogens with zero attached hydrogens (tertiary/aromatic N) is 2. The zero-order valence-electron chi connectivity index (χ0n) is 13.3. The van der Waals surface area contributed by atoms with Crippen molar-refractivity contribution in [3.63, 3.8) is 0 Å². The summed E-state index contributed by atoms with van der Waals surface area (Å²) in [4.78, 5) is 10.4. The second-order valence-corrected chi connectivity index (χ2v) is 6.98. The Morgan fingerprint density at radius 2 is 1.71 bits per heavy atom. The van der Waals surface area contributed by atoms with Crippen molar-refractivity contribution < 1.29 is 13.3 Å². The summed E-state index contributed by atoms with van der Waals surface area (Å²) in [5, 5.41) is 13.7. The summed E-state index contributed by atoms with van der Waals surface area (Å²) in [7, 11) is -3.52. The molecule has 24 heavy (non-hydrogen) atoms. The lowest BCUT2D eigenvalue weighted by Gasteiger charge is -2.21. The van der Waals surface area contributed by atoms with E-state index in [0.29, 0.717) is 25.3 Å². The van der Waals surface area contributed by atoms with Crippen LogP contribution in [0.5, 0.6) is 0 Å². The van der Waals surface area contributed by atoms with Crippen LogP contribution >= 0.6 is 0 Å². The molecule has 0 aliphatic rings. The van der Waals surface area contributed by atoms with Crippen LogP contribution in [0.25, 0.3) is 0 Å². The summed E-state index contributed by atoms with van der Waals surface area (Å²) >= 11 is 0. The predicted molar refractivity (Wildman–Crippen MR) is 92.5 cm³/mol. The molecule has 0 saturated carbocycles. The lowest BCUT2D eigenvalue weighted by Crippen LogP contribution is -2.34. The average Bonchev–Trinajstić information content (AvgIpc) is 2.59. The third kappa shape index (κ3) is 4.30. The van der Waals surface area contributed by atoms with Gasteiger partial charge in [-0.3, -0.25) is 10.1 Å². The monoisotopic (exact) mass is 349 g/mol. The first-order chi connectivity index (χ1) is 11.4. The molecule has 0 fully saturated rings. The van der Waals surface area contributed by atoms with Crippen LogP contribution in [0.3, 0.4) is 0 Å². The molecule has 0 radical (unpaired) electrons. The summed E-state index contributed by atoms with van der Waals surface area (Å²) in [6, 6.07) is 14.3. The topological polar surface area (TPSA) is 92.5 Å². The lowest BCUT2D eigenvalue weighted by atomic mass is 10.3. The molecule has 1 N–H and O–H groups in total. The quantitative estimate of drug-likeness (QED) is 0.584. The third-order valence-corrected chi connectivity index (χ3v) is 5.49. The molecular formula is C16H19N3O4S. The summed E-state index contributed by atoms with van der Waals surface area (Å²) in [6.45, 7) is 2.84. The third-order valence-electron chi connectivity index (χ3n) is 3.50. The van der Waals surface area contributed by atoms with Gasteiger partial charge in [0.25, 0.3) is 5.69 Å². The average molecular weight is 349 g/mol. The fourth-order valence-corrected chi connectivity index (χ4v) is 3.69. The molecule has 2 rings (SSSR count). The second-order valence-electron chi connectivity index (χ2n) is 5.04. The lowest BCUT2D eigenvalue weighted by molar-refractivity contribution is -0.384. The molecule has 128 valence electrons. The number of likely N-dealkylation sites (N-methyl/N-ethyl adjacent to an activating group) is 1. The number of nitro groups is 1. The van der Waals surface area contributed by atoms with Crippen molar-refractivity contribution in [1.29, 1.82) is 0 Å². The standard InChI is InChI=1S/C16H19N3O4S/c1-2-18(24(22,23)16-6-4-3-5-7-16)13-12-17-14-8-10-15(11-9-14)19(20)21/h3-11,17H,2,12-13H2,1H3. The number of nitrogens with one attached hydrogen (secondary N) is 1. The minimum absolute atomic E-state index is 0.0161. The van der Waals surface area contributed by atoms with Crippen LogP contribution in [0, 0.1) is 10.1 Å². The highest BCUT2D eigenvalue weighted by atomic mass is 32.2. The van der Waals surface area contributed by atoms with E-state index in [1.54, 1.807) is 49.4 Å². The largest absolute Gasteiger partial charge is 0.384 e. The number of anilines is 1. The fourth-order valence-electron chi connectivity index (χ4n) is 2.22. The first-order valence-electron chi connectivity index (χ1n) is 7.48. The molecule has 7 nitrogen and oxygen atoms in total. The molecule has 0 saturated heterocycles. The summed E-state index contributed by atoms with van der Waals surface area (Å²) in [5.74, 6) is 0. The number of nitro benzene ring substituents is 1. The molecule has 0 aromatic heterocycles. The molecule has 0 unspecified atom stereocenters. The number of sulfonamides is 1. The summed E-state index contributed by atoms with van der Waals surface area (Å²) in [6.07, 6.45) is 0. The normalized spacial score (nSPS) is 11.4. The Balaban J connectivity index is 1.97. The fraction of sp³-hybridized carbons (Fsp3) is 0.250. The molecule has 0 aliphatic heterocycles. The highest BCUT2D eigenvalue weighted by Crippen LogP contribution is 2.16. The number of non-ortho nitro benzene ring substituents is 1. The molecule has 0 atom stereocenters. The second kappa shape index (κ2) is 7.89. The van der Waals surface area contributed by atoms with E-state index in [9.17, 15) is 18.5 Å². The Kier molecular flexibility index (Phi) is 5.88. The molecule has 8 heteroatoms. The van der Waals surface area contributed by atoms with Gasteiger partial charge in [-0.05, 0) is 24.3 Å². The highest BCUT2D eigenvalue weighted by Gasteiger charge is 2.22. The molecule has 0 bridgehead atoms. The van der Waals surface area contributed by atoms with E-state index in [2.05, 4.69) is 5.32 Å². The number of hydrogen-bond donors (Lipinski definition) is 1. The van der Waals surface area contributed by atoms with Crippen molar-refractivity contribution in [2.24, 2.45) is 0 Å². The van der Waals surface area contributed by atoms with Crippen LogP contribution in [0.4, 0.5) is 11.4 Å². The Labute approximate surface area is 141 Å². The molecule has 2 aromatic rings. The van der Waals surface area contributed by atoms with Gasteiger partial charge in [0.05, 0.1) is 9.82 Å². The smallest absolute Gasteiger partial charge is 0.269 e. The van der Waals surface area contributed by atoms with Gasteiger partial charge in [-0.2, -0.15) is 4.31 Å². The van der Waals surface area contributed by atoms with Gasteiger partial charge in [0.15, 0.2) is 0 Å². The van der Waals surface area contributed by atoms with E-state index in [0.717, 1.165) is 0 Å². The summed E-state index contributed by atoms with van der Waals surface area (Å²) < 4.78 is 26.5. The van der Waals surface area contributed by atoms with Gasteiger partial charge in [0.1, 0.15) is 0 Å². The maximum absolute atomic E-state index is 12.5. The number of rotatable bonds is 8. The maximum Gasteiger partial charge on any atom is 0.269 e. The van der Waals surface area contributed by atoms with Crippen LogP contribution in [0.1, 0.15) is 6.92 Å². The first kappa shape index (κ1) is 17.9. The first-order valence-corrected chi connectivity index (χ1v) is 8.92. The molecule has 0 spiro atoms. The SMILES string of the molecule is CCN(CCNc1ccc([N+](=O)[O-])cc1)S(=O)(=O)c1ccccc1. The van der Waals surface area contributed by atoms with Crippen molar-refractivity contribution in [3.8, 4) is 0 Å². The van der Waals surface area contributed by atoms with Crippen LogP contribution in [-0.4, -0.2) is 37.3 Å². The zero-order chi connectivity index (χ0) is 17.6. The van der Waals surface area contributed by atoms with Crippen molar-refractivity contribution in [1.82, 2.24) is 4.31 Å². The van der Waals surface area contributed by atoms with Gasteiger partial charge in [-0.1, -0.05) is 25.1 Å². The Bertz CT molecular complexity index is 777. The Morgan fingerprint density at radius 1 is 1.08 bits per heavy atom. The van der Waals surface area contributed by atoms with Crippen molar-refractivity contribution in [3.05, 3.63) is 64.7 Å². The van der Waals surface area contributed by atoms with Gasteiger partial charge in [-0.15, -0.1) is 0 Å². The van der Waals surface area contributed by atoms with E-state index >= 15 is 0 Å². The maximum atomic E-state index is 12.5. The molecule has 2 aromatic carbocycles. The highest BCUT2D eigenvalue weighted by molar-refractivity contribution is 7.89. The van der Waals surface area contributed by atoms with E-state index in [-0.39, 0.29) is 10.6 Å². The van der Waals surface area contributed by atoms with Gasteiger partial charge < -0.3 is 5.32 Å². The minimum atomic E-state index is -3.52. The van der Waals surface area contributed by atoms with Crippen LogP contribution in [0.2, 0.25) is 0 Å². The van der Waals surface area contributed by atoms with Crippen LogP contribution < -0.4 is 5.32 Å². The minimum Gasteiger partial charge on any atom is -0.384 e. The zero-order valence-corrected chi connectivity index (χ0v) is 14.1. The Morgan fingerprint density at radius 3 is 2.25 bits per heavy atom. The van der Waals surface area contributed by atoms with Crippen LogP contribution in [-0.2, 0) is 10.0 Å². The molecule has 0 aliphatic carbocycles. The van der Waals surface area contributed by atoms with Gasteiger partial charge in [0, 0.05) is 37.5 Å². The van der Waals surface area contributed by atoms with Crippen molar-refractivity contribution in [2.75, 3.05) is 25.0 Å². The van der Waals surface area contributed by atoms with E-state index in [1.165, 1.54) is 16.4 Å². The predicted octanol–water partition coefficient (Wildman–Crippen LogP) is 2.72. The van der Waals surface area contributed by atoms with Gasteiger partial charge >= 0.3 is 0 Å². The van der Waals surface area contributed by atoms with Crippen molar-refractivity contribution >= 4 is 21.4 Å². The van der Waals surface area contributed by atoms with E-state index < -0.39 is 14.9 Å². The molecular weight excluding hydrogens is 330 g/mol. The number of benzene rings is 2. The number of hydrogen-bond acceptors (Lipinski definition) is 5. The Hall–Kier alpha value is -2.45. The van der Waals surface area contributed by atoms with Gasteiger partial charge in [0.2, 0.25) is 10.0 Å². The molecule has 0 heterocycles. The van der Waals surface area contributed by atoms with Crippen LogP contribution in [0.15, 0.2) is 59.5 Å². The van der Waals surface area contributed by atoms with Crippen molar-refractivity contribution in [2.45, 2.75) is 11.8 Å². The summed E-state index contributed by atoms with van der Waals surface area (Å²) in [5.41, 5.74) is 0.719. The molecule has 0 amide bonds.